The molecule has 1 fully saturated rings. The summed E-state index contributed by atoms with van der Waals surface area (Å²) < 4.78 is 14.7. The van der Waals surface area contributed by atoms with Gasteiger partial charge in [0.15, 0.2) is 0 Å². The highest BCUT2D eigenvalue weighted by molar-refractivity contribution is 9.10. The minimum Gasteiger partial charge on any atom is -0.465 e. The third kappa shape index (κ3) is 3.10. The lowest BCUT2D eigenvalue weighted by Crippen LogP contribution is -2.52. The number of amides is 1. The number of anilines is 1. The van der Waals surface area contributed by atoms with Gasteiger partial charge >= 0.3 is 6.09 Å². The first kappa shape index (κ1) is 13.1. The third-order valence-electron chi connectivity index (χ3n) is 2.89. The second kappa shape index (κ2) is 5.51. The summed E-state index contributed by atoms with van der Waals surface area (Å²) in [5, 5.41) is 10.8. The number of piperidine rings is 1. The molecule has 0 radical (unpaired) electrons. The molecule has 18 heavy (non-hydrogen) atoms. The molecule has 5 nitrogen and oxygen atoms in total. The van der Waals surface area contributed by atoms with Gasteiger partial charge in [0.1, 0.15) is 12.0 Å². The lowest BCUT2D eigenvalue weighted by atomic mass is 10.0. The average molecular weight is 318 g/mol. The first-order valence-electron chi connectivity index (χ1n) is 5.56. The smallest absolute Gasteiger partial charge is 0.404 e. The lowest BCUT2D eigenvalue weighted by molar-refractivity contribution is 0.168. The summed E-state index contributed by atoms with van der Waals surface area (Å²) in [6, 6.07) is 3.02. The van der Waals surface area contributed by atoms with E-state index in [9.17, 15) is 9.18 Å². The number of carboxylic acid groups (broad SMARTS) is 1. The highest BCUT2D eigenvalue weighted by Gasteiger charge is 2.30. The largest absolute Gasteiger partial charge is 0.465 e. The monoisotopic (exact) mass is 317 g/mol. The molecule has 2 atom stereocenters. The Hall–Kier alpha value is -1.37. The molecule has 1 aliphatic heterocycles. The molecule has 1 aromatic rings. The maximum atomic E-state index is 13.8. The van der Waals surface area contributed by atoms with Crippen molar-refractivity contribution >= 4 is 27.8 Å². The van der Waals surface area contributed by atoms with Crippen LogP contribution in [0.4, 0.5) is 15.0 Å². The van der Waals surface area contributed by atoms with E-state index in [-0.39, 0.29) is 6.54 Å². The van der Waals surface area contributed by atoms with Crippen LogP contribution in [0.2, 0.25) is 0 Å². The third-order valence-corrected chi connectivity index (χ3v) is 3.36. The molecule has 2 rings (SSSR count). The highest BCUT2D eigenvalue weighted by atomic mass is 79.9. The molecule has 98 valence electrons. The quantitative estimate of drug-likeness (QED) is 0.876. The lowest BCUT2D eigenvalue weighted by Gasteiger charge is -2.35. The number of halogens is 2. The molecule has 0 unspecified atom stereocenters. The van der Waals surface area contributed by atoms with E-state index in [4.69, 9.17) is 5.11 Å². The van der Waals surface area contributed by atoms with Crippen LogP contribution in [0.1, 0.15) is 6.42 Å². The standard InChI is InChI=1S/C11H13BrFN3O2/c12-7-1-2-10(14-5-7)16-4-3-9(8(13)6-16)15-11(17)18/h1-2,5,8-9,15H,3-4,6H2,(H,17,18)/t8-,9+/m1/s1. The zero-order chi connectivity index (χ0) is 13.1. The Labute approximate surface area is 112 Å². The van der Waals surface area contributed by atoms with Gasteiger partial charge in [0.25, 0.3) is 0 Å². The van der Waals surface area contributed by atoms with Crippen LogP contribution in [0.15, 0.2) is 22.8 Å². The van der Waals surface area contributed by atoms with Crippen LogP contribution in [0.5, 0.6) is 0 Å². The van der Waals surface area contributed by atoms with Gasteiger partial charge in [-0.3, -0.25) is 0 Å². The van der Waals surface area contributed by atoms with E-state index in [0.717, 1.165) is 4.47 Å². The van der Waals surface area contributed by atoms with Crippen molar-refractivity contribution in [3.8, 4) is 0 Å². The van der Waals surface area contributed by atoms with Gasteiger partial charge in [-0.05, 0) is 34.5 Å². The molecule has 1 amide bonds. The minimum absolute atomic E-state index is 0.152. The Morgan fingerprint density at radius 1 is 1.61 bits per heavy atom. The molecular weight excluding hydrogens is 305 g/mol. The van der Waals surface area contributed by atoms with E-state index in [0.29, 0.717) is 18.8 Å². The van der Waals surface area contributed by atoms with Crippen molar-refractivity contribution in [2.24, 2.45) is 0 Å². The van der Waals surface area contributed by atoms with Crippen molar-refractivity contribution in [3.63, 3.8) is 0 Å². The second-order valence-corrected chi connectivity index (χ2v) is 5.06. The molecule has 7 heteroatoms. The van der Waals surface area contributed by atoms with Crippen LogP contribution in [0, 0.1) is 0 Å². The van der Waals surface area contributed by atoms with Gasteiger partial charge in [0.05, 0.1) is 12.6 Å². The normalized spacial score (nSPS) is 23.8. The fourth-order valence-electron chi connectivity index (χ4n) is 1.99. The van der Waals surface area contributed by atoms with Gasteiger partial charge in [-0.15, -0.1) is 0 Å². The van der Waals surface area contributed by atoms with Crippen molar-refractivity contribution < 1.29 is 14.3 Å². The number of alkyl halides is 1. The predicted molar refractivity (Wildman–Crippen MR) is 68.6 cm³/mol. The van der Waals surface area contributed by atoms with E-state index >= 15 is 0 Å². The first-order chi connectivity index (χ1) is 8.56. The molecule has 0 saturated carbocycles. The fourth-order valence-corrected chi connectivity index (χ4v) is 2.22. The molecular formula is C11H13BrFN3O2. The number of hydrogen-bond acceptors (Lipinski definition) is 3. The maximum Gasteiger partial charge on any atom is 0.404 e. The summed E-state index contributed by atoms with van der Waals surface area (Å²) in [5.74, 6) is 0.703. The van der Waals surface area contributed by atoms with E-state index in [2.05, 4.69) is 26.2 Å². The van der Waals surface area contributed by atoms with Crippen LogP contribution >= 0.6 is 15.9 Å². The Morgan fingerprint density at radius 3 is 2.94 bits per heavy atom. The molecule has 1 aromatic heterocycles. The van der Waals surface area contributed by atoms with Crippen molar-refractivity contribution in [1.82, 2.24) is 10.3 Å². The average Bonchev–Trinajstić information content (AvgIpc) is 2.32. The number of rotatable bonds is 2. The SMILES string of the molecule is O=C(O)N[C@H]1CCN(c2ccc(Br)cn2)C[C@H]1F. The van der Waals surface area contributed by atoms with E-state index in [1.165, 1.54) is 0 Å². The molecule has 2 N–H and O–H groups in total. The molecule has 1 saturated heterocycles. The van der Waals surface area contributed by atoms with Crippen LogP contribution in [-0.4, -0.2) is 41.5 Å². The van der Waals surface area contributed by atoms with Crippen molar-refractivity contribution in [2.45, 2.75) is 18.6 Å². The Kier molecular flexibility index (Phi) is 4.00. The molecule has 2 heterocycles. The summed E-state index contributed by atoms with van der Waals surface area (Å²) in [6.45, 7) is 0.736. The first-order valence-corrected chi connectivity index (χ1v) is 6.35. The Morgan fingerprint density at radius 2 is 2.39 bits per heavy atom. The second-order valence-electron chi connectivity index (χ2n) is 4.14. The van der Waals surface area contributed by atoms with Crippen molar-refractivity contribution in [1.29, 1.82) is 0 Å². The van der Waals surface area contributed by atoms with Gasteiger partial charge < -0.3 is 15.3 Å². The predicted octanol–water partition coefficient (Wildman–Crippen LogP) is 2.03. The van der Waals surface area contributed by atoms with Gasteiger partial charge in [-0.1, -0.05) is 0 Å². The van der Waals surface area contributed by atoms with Crippen LogP contribution in [-0.2, 0) is 0 Å². The number of carbonyl (C=O) groups is 1. The molecule has 0 bridgehead atoms. The van der Waals surface area contributed by atoms with Gasteiger partial charge in [-0.25, -0.2) is 14.2 Å². The van der Waals surface area contributed by atoms with Crippen LogP contribution in [0.25, 0.3) is 0 Å². The zero-order valence-electron chi connectivity index (χ0n) is 9.51. The Bertz CT molecular complexity index is 429. The number of aromatic nitrogens is 1. The van der Waals surface area contributed by atoms with Crippen LogP contribution < -0.4 is 10.2 Å². The molecule has 1 aliphatic rings. The van der Waals surface area contributed by atoms with Gasteiger partial charge in [0, 0.05) is 17.2 Å². The van der Waals surface area contributed by atoms with E-state index in [1.807, 2.05) is 17.0 Å². The van der Waals surface area contributed by atoms with E-state index < -0.39 is 18.3 Å². The summed E-state index contributed by atoms with van der Waals surface area (Å²) in [4.78, 5) is 16.5. The number of hydrogen-bond donors (Lipinski definition) is 2. The molecule has 0 aliphatic carbocycles. The summed E-state index contributed by atoms with van der Waals surface area (Å²) in [6.07, 6.45) is -0.312. The van der Waals surface area contributed by atoms with Crippen molar-refractivity contribution in [2.75, 3.05) is 18.0 Å². The van der Waals surface area contributed by atoms with Gasteiger partial charge in [-0.2, -0.15) is 0 Å². The number of nitrogens with zero attached hydrogens (tertiary/aromatic N) is 2. The van der Waals surface area contributed by atoms with Crippen LogP contribution in [0.3, 0.4) is 0 Å². The molecule has 0 aromatic carbocycles. The highest BCUT2D eigenvalue weighted by Crippen LogP contribution is 2.21. The topological polar surface area (TPSA) is 65.5 Å². The summed E-state index contributed by atoms with van der Waals surface area (Å²) in [5.41, 5.74) is 0. The zero-order valence-corrected chi connectivity index (χ0v) is 11.1. The maximum absolute atomic E-state index is 13.8. The summed E-state index contributed by atoms with van der Waals surface area (Å²) in [7, 11) is 0. The minimum atomic E-state index is -1.22. The number of pyridine rings is 1. The Balaban J connectivity index is 1.99. The summed E-state index contributed by atoms with van der Waals surface area (Å²) >= 11 is 3.29. The van der Waals surface area contributed by atoms with E-state index in [1.54, 1.807) is 6.20 Å². The number of nitrogens with one attached hydrogen (secondary N) is 1. The van der Waals surface area contributed by atoms with Gasteiger partial charge in [0.2, 0.25) is 0 Å². The molecule has 0 spiro atoms. The van der Waals surface area contributed by atoms with Crippen molar-refractivity contribution in [3.05, 3.63) is 22.8 Å². The fraction of sp³-hybridized carbons (Fsp3) is 0.455.